The molecule has 0 saturated heterocycles. The van der Waals surface area contributed by atoms with E-state index in [1.165, 1.54) is 12.0 Å². The minimum Gasteiger partial charge on any atom is -0.472 e. The molecule has 0 bridgehead atoms. The van der Waals surface area contributed by atoms with Gasteiger partial charge in [0.15, 0.2) is 0 Å². The van der Waals surface area contributed by atoms with Gasteiger partial charge in [0.25, 0.3) is 0 Å². The van der Waals surface area contributed by atoms with Gasteiger partial charge in [-0.2, -0.15) is 0 Å². The van der Waals surface area contributed by atoms with Gasteiger partial charge in [0.05, 0.1) is 12.5 Å². The first-order valence-electron chi connectivity index (χ1n) is 5.92. The molecule has 0 aromatic carbocycles. The number of nitrogens with zero attached hydrogens (tertiary/aromatic N) is 1. The first-order valence-corrected chi connectivity index (χ1v) is 5.92. The maximum atomic E-state index is 5.05. The average molecular weight is 224 g/mol. The number of hydrogen-bond donors (Lipinski definition) is 1. The first kappa shape index (κ1) is 13.3. The van der Waals surface area contributed by atoms with Crippen molar-refractivity contribution >= 4 is 0 Å². The molecule has 0 aliphatic heterocycles. The predicted octanol–water partition coefficient (Wildman–Crippen LogP) is 2.49. The Morgan fingerprint density at radius 2 is 2.12 bits per heavy atom. The molecule has 1 N–H and O–H groups in total. The van der Waals surface area contributed by atoms with Gasteiger partial charge < -0.3 is 14.6 Å². The minimum absolute atomic E-state index is 0.225. The maximum Gasteiger partial charge on any atom is 0.0947 e. The zero-order valence-electron chi connectivity index (χ0n) is 10.9. The molecule has 0 aliphatic rings. The maximum absolute atomic E-state index is 5.05. The van der Waals surface area contributed by atoms with Gasteiger partial charge in [-0.3, -0.25) is 0 Å². The molecule has 1 aromatic rings. The van der Waals surface area contributed by atoms with E-state index < -0.39 is 0 Å². The average Bonchev–Trinajstić information content (AvgIpc) is 2.63. The Kier molecular flexibility index (Phi) is 5.03. The smallest absolute Gasteiger partial charge is 0.0947 e. The first-order chi connectivity index (χ1) is 7.47. The normalized spacial score (nSPS) is 12.3. The summed E-state index contributed by atoms with van der Waals surface area (Å²) in [6, 6.07) is 2.02. The molecule has 3 nitrogen and oxygen atoms in total. The van der Waals surface area contributed by atoms with Gasteiger partial charge in [-0.15, -0.1) is 0 Å². The largest absolute Gasteiger partial charge is 0.472 e. The summed E-state index contributed by atoms with van der Waals surface area (Å²) in [4.78, 5) is 2.31. The van der Waals surface area contributed by atoms with Crippen LogP contribution in [0.25, 0.3) is 0 Å². The Hall–Kier alpha value is -0.800. The fourth-order valence-electron chi connectivity index (χ4n) is 1.59. The highest BCUT2D eigenvalue weighted by atomic mass is 16.3. The molecule has 0 spiro atoms. The van der Waals surface area contributed by atoms with Crippen LogP contribution >= 0.6 is 0 Å². The summed E-state index contributed by atoms with van der Waals surface area (Å²) < 4.78 is 5.05. The van der Waals surface area contributed by atoms with Crippen LogP contribution in [0.3, 0.4) is 0 Å². The van der Waals surface area contributed by atoms with Crippen molar-refractivity contribution in [2.45, 2.75) is 39.3 Å². The number of furan rings is 1. The lowest BCUT2D eigenvalue weighted by molar-refractivity contribution is 0.309. The molecule has 3 heteroatoms. The van der Waals surface area contributed by atoms with E-state index in [0.29, 0.717) is 0 Å². The SMILES string of the molecule is CN(CCCNC(C)(C)C)Cc1ccoc1. The van der Waals surface area contributed by atoms with Crippen LogP contribution in [0.15, 0.2) is 23.0 Å². The predicted molar refractivity (Wildman–Crippen MR) is 67.4 cm³/mol. The highest BCUT2D eigenvalue weighted by molar-refractivity contribution is 5.04. The summed E-state index contributed by atoms with van der Waals surface area (Å²) in [5.41, 5.74) is 1.47. The zero-order chi connectivity index (χ0) is 12.0. The molecule has 92 valence electrons. The number of rotatable bonds is 6. The van der Waals surface area contributed by atoms with Gasteiger partial charge >= 0.3 is 0 Å². The van der Waals surface area contributed by atoms with E-state index in [-0.39, 0.29) is 5.54 Å². The topological polar surface area (TPSA) is 28.4 Å². The molecular formula is C13H24N2O. The fourth-order valence-corrected chi connectivity index (χ4v) is 1.59. The molecule has 16 heavy (non-hydrogen) atoms. The van der Waals surface area contributed by atoms with Gasteiger partial charge in [0, 0.05) is 17.6 Å². The quantitative estimate of drug-likeness (QED) is 0.753. The zero-order valence-corrected chi connectivity index (χ0v) is 10.9. The van der Waals surface area contributed by atoms with Gasteiger partial charge in [0.1, 0.15) is 0 Å². The van der Waals surface area contributed by atoms with E-state index in [1.807, 2.05) is 12.3 Å². The standard InChI is InChI=1S/C13H24N2O/c1-13(2,3)14-7-5-8-15(4)10-12-6-9-16-11-12/h6,9,11,14H,5,7-8,10H2,1-4H3. The highest BCUT2D eigenvalue weighted by Gasteiger charge is 2.07. The third-order valence-electron chi connectivity index (χ3n) is 2.40. The van der Waals surface area contributed by atoms with Crippen molar-refractivity contribution in [2.75, 3.05) is 20.1 Å². The summed E-state index contributed by atoms with van der Waals surface area (Å²) in [6.45, 7) is 9.73. The van der Waals surface area contributed by atoms with Crippen LogP contribution in [0, 0.1) is 0 Å². The lowest BCUT2D eigenvalue weighted by Crippen LogP contribution is -2.37. The molecule has 0 radical (unpaired) electrons. The van der Waals surface area contributed by atoms with E-state index in [1.54, 1.807) is 6.26 Å². The van der Waals surface area contributed by atoms with E-state index in [4.69, 9.17) is 4.42 Å². The van der Waals surface area contributed by atoms with Crippen LogP contribution in [-0.4, -0.2) is 30.6 Å². The van der Waals surface area contributed by atoms with E-state index in [2.05, 4.69) is 38.0 Å². The van der Waals surface area contributed by atoms with Crippen molar-refractivity contribution in [3.63, 3.8) is 0 Å². The molecule has 1 rings (SSSR count). The Morgan fingerprint density at radius 3 is 2.69 bits per heavy atom. The summed E-state index contributed by atoms with van der Waals surface area (Å²) in [6.07, 6.45) is 4.71. The Balaban J connectivity index is 2.09. The van der Waals surface area contributed by atoms with Gasteiger partial charge in [0.2, 0.25) is 0 Å². The second-order valence-corrected chi connectivity index (χ2v) is 5.40. The van der Waals surface area contributed by atoms with Crippen molar-refractivity contribution in [1.29, 1.82) is 0 Å². The summed E-state index contributed by atoms with van der Waals surface area (Å²) in [5, 5.41) is 3.49. The van der Waals surface area contributed by atoms with Gasteiger partial charge in [-0.25, -0.2) is 0 Å². The summed E-state index contributed by atoms with van der Waals surface area (Å²) >= 11 is 0. The van der Waals surface area contributed by atoms with Gasteiger partial charge in [-0.05, 0) is 53.4 Å². The summed E-state index contributed by atoms with van der Waals surface area (Å²) in [5.74, 6) is 0. The Morgan fingerprint density at radius 1 is 1.38 bits per heavy atom. The Bertz CT molecular complexity index is 275. The molecular weight excluding hydrogens is 200 g/mol. The number of nitrogens with one attached hydrogen (secondary N) is 1. The molecule has 0 amide bonds. The van der Waals surface area contributed by atoms with Crippen LogP contribution in [0.1, 0.15) is 32.8 Å². The highest BCUT2D eigenvalue weighted by Crippen LogP contribution is 2.04. The third-order valence-corrected chi connectivity index (χ3v) is 2.40. The molecule has 0 unspecified atom stereocenters. The molecule has 1 aromatic heterocycles. The lowest BCUT2D eigenvalue weighted by atomic mass is 10.1. The van der Waals surface area contributed by atoms with Crippen LogP contribution in [-0.2, 0) is 6.54 Å². The number of hydrogen-bond acceptors (Lipinski definition) is 3. The van der Waals surface area contributed by atoms with Crippen LogP contribution < -0.4 is 5.32 Å². The van der Waals surface area contributed by atoms with E-state index >= 15 is 0 Å². The molecule has 0 aliphatic carbocycles. The molecule has 0 saturated carbocycles. The third kappa shape index (κ3) is 5.93. The van der Waals surface area contributed by atoms with E-state index in [0.717, 1.165) is 19.6 Å². The van der Waals surface area contributed by atoms with Crippen LogP contribution in [0.4, 0.5) is 0 Å². The van der Waals surface area contributed by atoms with Crippen molar-refractivity contribution in [1.82, 2.24) is 10.2 Å². The monoisotopic (exact) mass is 224 g/mol. The molecule has 1 heterocycles. The van der Waals surface area contributed by atoms with Crippen molar-refractivity contribution in [3.05, 3.63) is 24.2 Å². The second-order valence-electron chi connectivity index (χ2n) is 5.40. The molecule has 0 atom stereocenters. The second kappa shape index (κ2) is 6.06. The van der Waals surface area contributed by atoms with Crippen LogP contribution in [0.2, 0.25) is 0 Å². The van der Waals surface area contributed by atoms with Crippen molar-refractivity contribution in [2.24, 2.45) is 0 Å². The lowest BCUT2D eigenvalue weighted by Gasteiger charge is -2.22. The minimum atomic E-state index is 0.225. The summed E-state index contributed by atoms with van der Waals surface area (Å²) in [7, 11) is 2.14. The Labute approximate surface area is 98.8 Å². The van der Waals surface area contributed by atoms with Gasteiger partial charge in [-0.1, -0.05) is 0 Å². The van der Waals surface area contributed by atoms with Crippen LogP contribution in [0.5, 0.6) is 0 Å². The fraction of sp³-hybridized carbons (Fsp3) is 0.692. The van der Waals surface area contributed by atoms with Crippen molar-refractivity contribution in [3.8, 4) is 0 Å². The van der Waals surface area contributed by atoms with E-state index in [9.17, 15) is 0 Å². The molecule has 0 fully saturated rings. The van der Waals surface area contributed by atoms with Crippen molar-refractivity contribution < 1.29 is 4.42 Å².